The van der Waals surface area contributed by atoms with Gasteiger partial charge >= 0.3 is 0 Å². The smallest absolute Gasteiger partial charge is 0.264 e. The Balaban J connectivity index is -0.000000252. The first-order chi connectivity index (χ1) is 9.89. The van der Waals surface area contributed by atoms with Gasteiger partial charge in [-0.3, -0.25) is 4.18 Å². The van der Waals surface area contributed by atoms with E-state index in [1.54, 1.807) is 0 Å². The molecule has 0 fully saturated rings. The number of hydrogen-bond acceptors (Lipinski definition) is 8. The third-order valence-electron chi connectivity index (χ3n) is 1.55. The predicted molar refractivity (Wildman–Crippen MR) is 79.8 cm³/mol. The lowest BCUT2D eigenvalue weighted by Crippen LogP contribution is -2.09. The van der Waals surface area contributed by atoms with E-state index in [9.17, 15) is 8.42 Å². The zero-order valence-corrected chi connectivity index (χ0v) is 14.2. The largest absolute Gasteiger partial charge is 0.394 e. The Kier molecular flexibility index (Phi) is 26.9. The van der Waals surface area contributed by atoms with E-state index in [2.05, 4.69) is 4.18 Å². The lowest BCUT2D eigenvalue weighted by atomic mass is 10.7. The van der Waals surface area contributed by atoms with E-state index in [0.29, 0.717) is 26.4 Å². The van der Waals surface area contributed by atoms with Crippen molar-refractivity contribution in [2.75, 3.05) is 66.2 Å². The summed E-state index contributed by atoms with van der Waals surface area (Å²) in [6.45, 7) is 7.39. The summed E-state index contributed by atoms with van der Waals surface area (Å²) in [6, 6.07) is 0. The standard InChI is InChI=1S/C6H14O4.C4H10O.C2H6O3S/c7-1-3-9-5-6-10-4-2-8;1-3-5-4-2;1-5-6(2,3)4/h7-8H,1-6H2;3-4H2,1-2H3;1-2H3. The second-order valence-electron chi connectivity index (χ2n) is 3.32. The van der Waals surface area contributed by atoms with Crippen molar-refractivity contribution in [1.29, 1.82) is 0 Å². The highest BCUT2D eigenvalue weighted by Crippen LogP contribution is 1.77. The van der Waals surface area contributed by atoms with E-state index < -0.39 is 10.1 Å². The van der Waals surface area contributed by atoms with Gasteiger partial charge in [-0.1, -0.05) is 0 Å². The Morgan fingerprint density at radius 3 is 1.29 bits per heavy atom. The Hall–Kier alpha value is -0.290. The van der Waals surface area contributed by atoms with Gasteiger partial charge in [0.05, 0.1) is 53.0 Å². The topological polar surface area (TPSA) is 112 Å². The Morgan fingerprint density at radius 2 is 1.14 bits per heavy atom. The Labute approximate surface area is 128 Å². The maximum absolute atomic E-state index is 9.78. The highest BCUT2D eigenvalue weighted by molar-refractivity contribution is 7.85. The molecule has 0 aromatic rings. The van der Waals surface area contributed by atoms with E-state index in [-0.39, 0.29) is 13.2 Å². The molecule has 132 valence electrons. The molecule has 0 saturated carbocycles. The fourth-order valence-electron chi connectivity index (χ4n) is 0.655. The molecule has 0 saturated heterocycles. The molecule has 0 spiro atoms. The molecule has 0 heterocycles. The molecule has 0 aliphatic rings. The lowest BCUT2D eigenvalue weighted by Gasteiger charge is -2.01. The van der Waals surface area contributed by atoms with E-state index in [1.807, 2.05) is 13.8 Å². The minimum Gasteiger partial charge on any atom is -0.394 e. The van der Waals surface area contributed by atoms with Gasteiger partial charge in [-0.2, -0.15) is 8.42 Å². The molecule has 0 atom stereocenters. The van der Waals surface area contributed by atoms with Gasteiger partial charge in [-0.25, -0.2) is 0 Å². The van der Waals surface area contributed by atoms with Crippen LogP contribution in [0.3, 0.4) is 0 Å². The second kappa shape index (κ2) is 22.0. The quantitative estimate of drug-likeness (QED) is 0.411. The maximum Gasteiger partial charge on any atom is 0.264 e. The zero-order chi connectivity index (χ0) is 17.0. The number of aliphatic hydroxyl groups excluding tert-OH is 2. The van der Waals surface area contributed by atoms with Crippen LogP contribution in [-0.2, 0) is 28.5 Å². The van der Waals surface area contributed by atoms with Gasteiger partial charge in [0.2, 0.25) is 0 Å². The average molecular weight is 334 g/mol. The maximum atomic E-state index is 9.78. The number of hydrogen-bond donors (Lipinski definition) is 2. The van der Waals surface area contributed by atoms with Crippen LogP contribution in [0.4, 0.5) is 0 Å². The molecule has 0 aromatic heterocycles. The van der Waals surface area contributed by atoms with Gasteiger partial charge in [-0.15, -0.1) is 0 Å². The van der Waals surface area contributed by atoms with Gasteiger partial charge in [-0.05, 0) is 13.8 Å². The van der Waals surface area contributed by atoms with Gasteiger partial charge < -0.3 is 24.4 Å². The van der Waals surface area contributed by atoms with Crippen LogP contribution in [0, 0.1) is 0 Å². The van der Waals surface area contributed by atoms with Crippen LogP contribution >= 0.6 is 0 Å². The molecule has 0 aliphatic heterocycles. The highest BCUT2D eigenvalue weighted by Gasteiger charge is 1.90. The monoisotopic (exact) mass is 334 g/mol. The molecule has 0 amide bonds. The lowest BCUT2D eigenvalue weighted by molar-refractivity contribution is 0.0222. The van der Waals surface area contributed by atoms with Gasteiger partial charge in [0, 0.05) is 13.2 Å². The minimum absolute atomic E-state index is 0.0417. The van der Waals surface area contributed by atoms with Crippen LogP contribution < -0.4 is 0 Å². The van der Waals surface area contributed by atoms with Crippen molar-refractivity contribution in [2.45, 2.75) is 13.8 Å². The summed E-state index contributed by atoms with van der Waals surface area (Å²) >= 11 is 0. The molecular weight excluding hydrogens is 304 g/mol. The average Bonchev–Trinajstić information content (AvgIpc) is 2.44. The van der Waals surface area contributed by atoms with Gasteiger partial charge in [0.1, 0.15) is 0 Å². The summed E-state index contributed by atoms with van der Waals surface area (Å²) in [5.74, 6) is 0. The predicted octanol–water partition coefficient (Wildman–Crippen LogP) is -0.361. The molecule has 21 heavy (non-hydrogen) atoms. The van der Waals surface area contributed by atoms with Crippen LogP contribution in [0.5, 0.6) is 0 Å². The SMILES string of the molecule is CCOCC.COS(C)(=O)=O.OCCOCCOCCO. The summed E-state index contributed by atoms with van der Waals surface area (Å²) in [6.07, 6.45) is 0.993. The summed E-state index contributed by atoms with van der Waals surface area (Å²) in [5, 5.41) is 16.5. The molecule has 0 unspecified atom stereocenters. The molecule has 0 aromatic carbocycles. The highest BCUT2D eigenvalue weighted by atomic mass is 32.2. The third kappa shape index (κ3) is 45.1. The minimum atomic E-state index is -3.16. The molecule has 0 radical (unpaired) electrons. The van der Waals surface area contributed by atoms with Crippen molar-refractivity contribution in [3.05, 3.63) is 0 Å². The molecular formula is C12H30O8S. The summed E-state index contributed by atoms with van der Waals surface area (Å²) in [7, 11) is -2.04. The molecule has 0 rings (SSSR count). The van der Waals surface area contributed by atoms with Crippen LogP contribution in [0.1, 0.15) is 13.8 Å². The normalized spacial score (nSPS) is 10.2. The van der Waals surface area contributed by atoms with Crippen LogP contribution in [0.15, 0.2) is 0 Å². The number of aliphatic hydroxyl groups is 2. The first-order valence-electron chi connectivity index (χ1n) is 6.60. The van der Waals surface area contributed by atoms with Crippen LogP contribution in [0.2, 0.25) is 0 Å². The van der Waals surface area contributed by atoms with Crippen molar-refractivity contribution >= 4 is 10.1 Å². The second-order valence-corrected chi connectivity index (χ2v) is 5.07. The first kappa shape index (κ1) is 25.7. The molecule has 9 heteroatoms. The third-order valence-corrected chi connectivity index (χ3v) is 2.16. The van der Waals surface area contributed by atoms with Crippen LogP contribution in [-0.4, -0.2) is 84.9 Å². The van der Waals surface area contributed by atoms with E-state index in [1.165, 1.54) is 0 Å². The fraction of sp³-hybridized carbons (Fsp3) is 1.00. The number of ether oxygens (including phenoxy) is 3. The van der Waals surface area contributed by atoms with Crippen molar-refractivity contribution in [3.8, 4) is 0 Å². The first-order valence-corrected chi connectivity index (χ1v) is 8.41. The summed E-state index contributed by atoms with van der Waals surface area (Å²) in [5.41, 5.74) is 0. The summed E-state index contributed by atoms with van der Waals surface area (Å²) in [4.78, 5) is 0. The van der Waals surface area contributed by atoms with E-state index in [4.69, 9.17) is 24.4 Å². The van der Waals surface area contributed by atoms with Crippen molar-refractivity contribution in [3.63, 3.8) is 0 Å². The van der Waals surface area contributed by atoms with Crippen molar-refractivity contribution in [2.24, 2.45) is 0 Å². The fourth-order valence-corrected chi connectivity index (χ4v) is 0.655. The Bertz CT molecular complexity index is 246. The Morgan fingerprint density at radius 1 is 0.810 bits per heavy atom. The number of rotatable bonds is 10. The molecule has 0 aliphatic carbocycles. The molecule has 2 N–H and O–H groups in total. The molecule has 8 nitrogen and oxygen atoms in total. The summed E-state index contributed by atoms with van der Waals surface area (Å²) < 4.78 is 38.0. The van der Waals surface area contributed by atoms with Gasteiger partial charge in [0.15, 0.2) is 0 Å². The van der Waals surface area contributed by atoms with E-state index >= 15 is 0 Å². The van der Waals surface area contributed by atoms with Crippen molar-refractivity contribution < 1.29 is 37.0 Å². The van der Waals surface area contributed by atoms with Gasteiger partial charge in [0.25, 0.3) is 10.1 Å². The van der Waals surface area contributed by atoms with Crippen molar-refractivity contribution in [1.82, 2.24) is 0 Å². The van der Waals surface area contributed by atoms with E-state index in [0.717, 1.165) is 26.6 Å². The van der Waals surface area contributed by atoms with Crippen LogP contribution in [0.25, 0.3) is 0 Å². The zero-order valence-electron chi connectivity index (χ0n) is 13.4. The molecule has 0 bridgehead atoms.